The first-order valence-electron chi connectivity index (χ1n) is 13.7. The smallest absolute Gasteiger partial charge is 0.309 e. The summed E-state index contributed by atoms with van der Waals surface area (Å²) in [6.45, 7) is 16.9. The van der Waals surface area contributed by atoms with Crippen LogP contribution in [0.2, 0.25) is 0 Å². The molecular formula is C31H42B2O4S2. The zero-order valence-electron chi connectivity index (χ0n) is 24.8. The lowest BCUT2D eigenvalue weighted by molar-refractivity contribution is -0.0894. The minimum Gasteiger partial charge on any atom is -0.427 e. The molecule has 0 saturated heterocycles. The molecule has 2 atom stereocenters. The lowest BCUT2D eigenvalue weighted by Crippen LogP contribution is -2.50. The fourth-order valence-electron chi connectivity index (χ4n) is 4.13. The Kier molecular flexibility index (Phi) is 8.70. The monoisotopic (exact) mass is 564 g/mol. The van der Waals surface area contributed by atoms with Crippen LogP contribution in [0.4, 0.5) is 0 Å². The summed E-state index contributed by atoms with van der Waals surface area (Å²) in [5, 5.41) is 22.2. The summed E-state index contributed by atoms with van der Waals surface area (Å²) in [5.41, 5.74) is 2.04. The van der Waals surface area contributed by atoms with Crippen LogP contribution in [0, 0.1) is 6.92 Å². The number of hydrogen-bond donors (Lipinski definition) is 2. The molecule has 8 heteroatoms. The van der Waals surface area contributed by atoms with Crippen LogP contribution in [0.15, 0.2) is 64.4 Å². The van der Waals surface area contributed by atoms with Crippen molar-refractivity contribution in [2.75, 3.05) is 0 Å². The highest BCUT2D eigenvalue weighted by Crippen LogP contribution is 2.48. The van der Waals surface area contributed by atoms with E-state index >= 15 is 0 Å². The fraction of sp³-hybridized carbons (Fsp3) is 0.484. The van der Waals surface area contributed by atoms with Gasteiger partial charge in [0.25, 0.3) is 0 Å². The maximum atomic E-state index is 10.6. The summed E-state index contributed by atoms with van der Waals surface area (Å²) in [6.07, 6.45) is 8.88. The zero-order valence-corrected chi connectivity index (χ0v) is 26.4. The molecule has 2 aliphatic rings. The van der Waals surface area contributed by atoms with E-state index in [-0.39, 0.29) is 0 Å². The van der Waals surface area contributed by atoms with Gasteiger partial charge in [0.1, 0.15) is 0 Å². The molecule has 0 radical (unpaired) electrons. The SMILES string of the molecule is Cc1c(BOC(C)(C)C(C)(C)O)cc(-c2ccc3c(c2)SC2C=CC=CC2S3)cc1BOC(C)(C)C(C)(C)O. The highest BCUT2D eigenvalue weighted by Gasteiger charge is 2.37. The highest BCUT2D eigenvalue weighted by molar-refractivity contribution is 8.06. The number of fused-ring (bicyclic) bond motifs is 2. The number of allylic oxidation sites excluding steroid dienone is 2. The van der Waals surface area contributed by atoms with E-state index < -0.39 is 22.4 Å². The van der Waals surface area contributed by atoms with E-state index in [0.717, 1.165) is 27.6 Å². The summed E-state index contributed by atoms with van der Waals surface area (Å²) in [4.78, 5) is 2.63. The quantitative estimate of drug-likeness (QED) is 0.427. The van der Waals surface area contributed by atoms with Gasteiger partial charge in [0, 0.05) is 20.3 Å². The van der Waals surface area contributed by atoms with Crippen molar-refractivity contribution < 1.29 is 19.5 Å². The Hall–Kier alpha value is -1.41. The van der Waals surface area contributed by atoms with Gasteiger partial charge in [-0.25, -0.2) is 0 Å². The second-order valence-electron chi connectivity index (χ2n) is 12.7. The average molecular weight is 564 g/mol. The van der Waals surface area contributed by atoms with E-state index in [1.54, 1.807) is 27.7 Å². The summed E-state index contributed by atoms with van der Waals surface area (Å²) < 4.78 is 12.6. The predicted octanol–water partition coefficient (Wildman–Crippen LogP) is 4.81. The molecular weight excluding hydrogens is 522 g/mol. The third-order valence-electron chi connectivity index (χ3n) is 8.59. The molecule has 1 heterocycles. The first-order chi connectivity index (χ1) is 18.0. The normalized spacial score (nSPS) is 19.5. The van der Waals surface area contributed by atoms with E-state index in [0.29, 0.717) is 25.5 Å². The van der Waals surface area contributed by atoms with Crippen molar-refractivity contribution in [3.63, 3.8) is 0 Å². The van der Waals surface area contributed by atoms with Crippen LogP contribution in [-0.2, 0) is 9.31 Å². The van der Waals surface area contributed by atoms with Crippen molar-refractivity contribution in [3.05, 3.63) is 60.2 Å². The standard InChI is InChI=1S/C31H42B2O4S2/c1-19-22(32-36-30(6,7)28(2,3)34)16-21(17-23(19)33-37-31(8,9)29(4,5)35)20-14-15-26-27(18-20)39-25-13-11-10-12-24(25)38-26/h10-18,24-25,32-35H,1-9H3. The molecule has 0 amide bonds. The Morgan fingerprint density at radius 3 is 1.59 bits per heavy atom. The van der Waals surface area contributed by atoms with E-state index in [9.17, 15) is 10.2 Å². The molecule has 2 unspecified atom stereocenters. The number of hydrogen-bond acceptors (Lipinski definition) is 6. The van der Waals surface area contributed by atoms with Gasteiger partial charge in [-0.15, -0.1) is 23.5 Å². The lowest BCUT2D eigenvalue weighted by Gasteiger charge is -2.38. The van der Waals surface area contributed by atoms with Crippen LogP contribution in [0.25, 0.3) is 11.1 Å². The molecule has 39 heavy (non-hydrogen) atoms. The summed E-state index contributed by atoms with van der Waals surface area (Å²) in [7, 11) is 0.740. The van der Waals surface area contributed by atoms with Crippen LogP contribution in [-0.4, -0.2) is 58.1 Å². The molecule has 208 valence electrons. The molecule has 0 aromatic heterocycles. The van der Waals surface area contributed by atoms with Gasteiger partial charge in [0.05, 0.1) is 22.4 Å². The van der Waals surface area contributed by atoms with E-state index in [4.69, 9.17) is 9.31 Å². The summed E-state index contributed by atoms with van der Waals surface area (Å²) in [6, 6.07) is 11.2. The Bertz CT molecular complexity index is 1220. The van der Waals surface area contributed by atoms with Gasteiger partial charge in [-0.1, -0.05) is 48.1 Å². The first-order valence-corrected chi connectivity index (χ1v) is 15.4. The van der Waals surface area contributed by atoms with Gasteiger partial charge in [0.2, 0.25) is 0 Å². The van der Waals surface area contributed by atoms with E-state index in [1.165, 1.54) is 9.79 Å². The third kappa shape index (κ3) is 6.74. The van der Waals surface area contributed by atoms with Crippen LogP contribution in [0.3, 0.4) is 0 Å². The van der Waals surface area contributed by atoms with Crippen molar-refractivity contribution in [2.45, 2.75) is 105 Å². The maximum absolute atomic E-state index is 10.6. The second kappa shape index (κ2) is 11.1. The molecule has 2 aromatic rings. The zero-order chi connectivity index (χ0) is 28.8. The van der Waals surface area contributed by atoms with Gasteiger partial charge in [-0.05, 0) is 96.5 Å². The third-order valence-corrected chi connectivity index (χ3v) is 11.5. The first kappa shape index (κ1) is 30.5. The topological polar surface area (TPSA) is 58.9 Å². The summed E-state index contributed by atoms with van der Waals surface area (Å²) >= 11 is 3.86. The second-order valence-corrected chi connectivity index (χ2v) is 15.2. The van der Waals surface area contributed by atoms with Crippen molar-refractivity contribution in [1.29, 1.82) is 0 Å². The minimum absolute atomic E-state index is 0.370. The molecule has 2 aromatic carbocycles. The predicted molar refractivity (Wildman–Crippen MR) is 171 cm³/mol. The van der Waals surface area contributed by atoms with Crippen LogP contribution in [0.1, 0.15) is 61.0 Å². The Morgan fingerprint density at radius 2 is 1.13 bits per heavy atom. The van der Waals surface area contributed by atoms with E-state index in [2.05, 4.69) is 61.6 Å². The van der Waals surface area contributed by atoms with Crippen molar-refractivity contribution in [3.8, 4) is 11.1 Å². The van der Waals surface area contributed by atoms with Crippen LogP contribution >= 0.6 is 23.5 Å². The summed E-state index contributed by atoms with van der Waals surface area (Å²) in [5.74, 6) is 0. The molecule has 4 rings (SSSR count). The molecule has 0 spiro atoms. The molecule has 2 N–H and O–H groups in total. The van der Waals surface area contributed by atoms with Crippen LogP contribution < -0.4 is 10.9 Å². The Morgan fingerprint density at radius 1 is 0.667 bits per heavy atom. The minimum atomic E-state index is -0.991. The molecule has 0 bridgehead atoms. The van der Waals surface area contributed by atoms with Gasteiger partial charge in [-0.2, -0.15) is 0 Å². The van der Waals surface area contributed by atoms with Gasteiger partial charge in [0.15, 0.2) is 0 Å². The van der Waals surface area contributed by atoms with Gasteiger partial charge < -0.3 is 19.5 Å². The maximum Gasteiger partial charge on any atom is 0.309 e. The Balaban J connectivity index is 1.70. The van der Waals surface area contributed by atoms with Crippen molar-refractivity contribution >= 4 is 49.4 Å². The van der Waals surface area contributed by atoms with Crippen molar-refractivity contribution in [1.82, 2.24) is 0 Å². The largest absolute Gasteiger partial charge is 0.427 e. The average Bonchev–Trinajstić information content (AvgIpc) is 2.84. The number of rotatable bonds is 9. The lowest BCUT2D eigenvalue weighted by atomic mass is 9.72. The van der Waals surface area contributed by atoms with Crippen LogP contribution in [0.5, 0.6) is 0 Å². The molecule has 0 saturated carbocycles. The van der Waals surface area contributed by atoms with Crippen molar-refractivity contribution in [2.24, 2.45) is 0 Å². The molecule has 1 aliphatic carbocycles. The Labute approximate surface area is 244 Å². The molecule has 0 fully saturated rings. The molecule has 1 aliphatic heterocycles. The van der Waals surface area contributed by atoms with Gasteiger partial charge in [-0.3, -0.25) is 0 Å². The molecule has 4 nitrogen and oxygen atoms in total. The highest BCUT2D eigenvalue weighted by atomic mass is 32.2. The fourth-order valence-corrected chi connectivity index (χ4v) is 6.82. The van der Waals surface area contributed by atoms with E-state index in [1.807, 2.05) is 51.2 Å². The van der Waals surface area contributed by atoms with Gasteiger partial charge >= 0.3 is 15.0 Å². The number of aliphatic hydroxyl groups is 2. The number of benzene rings is 2. The number of thioether (sulfide) groups is 2.